The highest BCUT2D eigenvalue weighted by Crippen LogP contribution is 2.32. The van der Waals surface area contributed by atoms with E-state index < -0.39 is 0 Å². The molecule has 0 aliphatic heterocycles. The van der Waals surface area contributed by atoms with Gasteiger partial charge in [0.2, 0.25) is 0 Å². The van der Waals surface area contributed by atoms with Crippen molar-refractivity contribution in [3.8, 4) is 0 Å². The molecule has 2 aromatic heterocycles. The maximum atomic E-state index is 12.1. The Morgan fingerprint density at radius 3 is 3.21 bits per heavy atom. The largest absolute Gasteiger partial charge is 0.346 e. The number of carbonyl (C=O) groups is 1. The molecule has 1 N–H and O–H groups in total. The van der Waals surface area contributed by atoms with Crippen LogP contribution >= 0.6 is 22.7 Å². The van der Waals surface area contributed by atoms with Crippen LogP contribution in [0.4, 0.5) is 0 Å². The number of aryl methyl sites for hydroxylation is 1. The van der Waals surface area contributed by atoms with E-state index in [2.05, 4.69) is 18.3 Å². The number of amides is 1. The maximum Gasteiger partial charge on any atom is 0.261 e. The Morgan fingerprint density at radius 1 is 1.53 bits per heavy atom. The third-order valence-corrected chi connectivity index (χ3v) is 5.67. The molecule has 0 spiro atoms. The lowest BCUT2D eigenvalue weighted by molar-refractivity contribution is 0.0955. The Bertz CT molecular complexity index is 571. The fourth-order valence-corrected chi connectivity index (χ4v) is 4.25. The van der Waals surface area contributed by atoms with Gasteiger partial charge in [0.15, 0.2) is 0 Å². The number of nitrogens with one attached hydrogen (secondary N) is 1. The Kier molecular flexibility index (Phi) is 3.71. The molecule has 1 aliphatic rings. The second-order valence-electron chi connectivity index (χ2n) is 5.17. The zero-order valence-electron chi connectivity index (χ0n) is 10.9. The fraction of sp³-hybridized carbons (Fsp3) is 0.400. The van der Waals surface area contributed by atoms with Crippen LogP contribution in [0.25, 0.3) is 0 Å². The summed E-state index contributed by atoms with van der Waals surface area (Å²) in [5.41, 5.74) is 1.39. The molecule has 4 heteroatoms. The highest BCUT2D eigenvalue weighted by atomic mass is 32.1. The van der Waals surface area contributed by atoms with Crippen LogP contribution in [0.15, 0.2) is 23.6 Å². The average molecular weight is 291 g/mol. The normalized spacial score (nSPS) is 18.1. The summed E-state index contributed by atoms with van der Waals surface area (Å²) in [5.74, 6) is 0.824. The van der Waals surface area contributed by atoms with Crippen LogP contribution in [-0.2, 0) is 19.4 Å². The van der Waals surface area contributed by atoms with E-state index in [-0.39, 0.29) is 5.91 Å². The predicted octanol–water partition coefficient (Wildman–Crippen LogP) is 3.86. The van der Waals surface area contributed by atoms with Gasteiger partial charge in [-0.1, -0.05) is 13.0 Å². The minimum absolute atomic E-state index is 0.0699. The van der Waals surface area contributed by atoms with Gasteiger partial charge in [-0.25, -0.2) is 0 Å². The number of carbonyl (C=O) groups excluding carboxylic acids is 1. The van der Waals surface area contributed by atoms with Gasteiger partial charge in [0, 0.05) is 9.75 Å². The number of thiophene rings is 2. The van der Waals surface area contributed by atoms with Crippen LogP contribution in [0.3, 0.4) is 0 Å². The van der Waals surface area contributed by atoms with Gasteiger partial charge in [-0.05, 0) is 48.3 Å². The van der Waals surface area contributed by atoms with Crippen LogP contribution < -0.4 is 5.32 Å². The molecule has 3 rings (SSSR count). The molecule has 2 nitrogen and oxygen atoms in total. The fourth-order valence-electron chi connectivity index (χ4n) is 2.49. The molecular formula is C15H17NOS2. The first-order valence-electron chi connectivity index (χ1n) is 6.64. The molecule has 0 bridgehead atoms. The highest BCUT2D eigenvalue weighted by Gasteiger charge is 2.20. The summed E-state index contributed by atoms with van der Waals surface area (Å²) < 4.78 is 0. The molecule has 1 amide bonds. The lowest BCUT2D eigenvalue weighted by atomic mass is 9.90. The summed E-state index contributed by atoms with van der Waals surface area (Å²) in [6.45, 7) is 2.92. The van der Waals surface area contributed by atoms with E-state index in [4.69, 9.17) is 0 Å². The molecule has 0 aromatic carbocycles. The quantitative estimate of drug-likeness (QED) is 0.914. The third kappa shape index (κ3) is 2.90. The Morgan fingerprint density at radius 2 is 2.42 bits per heavy atom. The minimum atomic E-state index is 0.0699. The van der Waals surface area contributed by atoms with E-state index in [0.29, 0.717) is 6.54 Å². The monoisotopic (exact) mass is 291 g/mol. The zero-order valence-corrected chi connectivity index (χ0v) is 12.6. The van der Waals surface area contributed by atoms with Gasteiger partial charge >= 0.3 is 0 Å². The van der Waals surface area contributed by atoms with E-state index in [1.54, 1.807) is 22.7 Å². The van der Waals surface area contributed by atoms with Gasteiger partial charge in [0.1, 0.15) is 0 Å². The predicted molar refractivity (Wildman–Crippen MR) is 81.0 cm³/mol. The van der Waals surface area contributed by atoms with Crippen molar-refractivity contribution in [1.29, 1.82) is 0 Å². The van der Waals surface area contributed by atoms with Crippen LogP contribution in [0.2, 0.25) is 0 Å². The average Bonchev–Trinajstić information content (AvgIpc) is 3.04. The summed E-state index contributed by atoms with van der Waals surface area (Å²) >= 11 is 3.35. The summed E-state index contributed by atoms with van der Waals surface area (Å²) in [5, 5.41) is 5.04. The van der Waals surface area contributed by atoms with Crippen molar-refractivity contribution in [3.05, 3.63) is 43.8 Å². The molecule has 19 heavy (non-hydrogen) atoms. The molecular weight excluding hydrogens is 274 g/mol. The van der Waals surface area contributed by atoms with Crippen molar-refractivity contribution in [2.45, 2.75) is 32.7 Å². The molecule has 0 saturated carbocycles. The third-order valence-electron chi connectivity index (χ3n) is 3.56. The van der Waals surface area contributed by atoms with Crippen molar-refractivity contribution in [3.63, 3.8) is 0 Å². The van der Waals surface area contributed by atoms with Crippen molar-refractivity contribution in [2.75, 3.05) is 0 Å². The van der Waals surface area contributed by atoms with Crippen molar-refractivity contribution in [1.82, 2.24) is 5.32 Å². The van der Waals surface area contributed by atoms with E-state index in [1.807, 2.05) is 17.5 Å². The number of hydrogen-bond donors (Lipinski definition) is 1. The molecule has 1 aliphatic carbocycles. The number of fused-ring (bicyclic) bond motifs is 1. The summed E-state index contributed by atoms with van der Waals surface area (Å²) in [6, 6.07) is 6.16. The summed E-state index contributed by atoms with van der Waals surface area (Å²) in [6.07, 6.45) is 3.52. The van der Waals surface area contributed by atoms with E-state index in [0.717, 1.165) is 23.6 Å². The Balaban J connectivity index is 1.67. The standard InChI is InChI=1S/C15H17NOS2/c1-10-4-5-13-11(7-10)8-14(19-13)15(17)16-9-12-3-2-6-18-12/h2-3,6,8,10H,4-5,7,9H2,1H3,(H,16,17). The van der Waals surface area contributed by atoms with Gasteiger partial charge < -0.3 is 5.32 Å². The first-order chi connectivity index (χ1) is 9.22. The molecule has 0 fully saturated rings. The maximum absolute atomic E-state index is 12.1. The van der Waals surface area contributed by atoms with Crippen molar-refractivity contribution in [2.24, 2.45) is 5.92 Å². The molecule has 2 heterocycles. The lowest BCUT2D eigenvalue weighted by Crippen LogP contribution is -2.21. The van der Waals surface area contributed by atoms with E-state index in [1.165, 1.54) is 21.7 Å². The van der Waals surface area contributed by atoms with E-state index >= 15 is 0 Å². The first-order valence-corrected chi connectivity index (χ1v) is 8.34. The van der Waals surface area contributed by atoms with Crippen LogP contribution in [0, 0.1) is 5.92 Å². The highest BCUT2D eigenvalue weighted by molar-refractivity contribution is 7.14. The van der Waals surface area contributed by atoms with Crippen LogP contribution in [0.5, 0.6) is 0 Å². The van der Waals surface area contributed by atoms with Gasteiger partial charge in [-0.2, -0.15) is 0 Å². The van der Waals surface area contributed by atoms with Crippen LogP contribution in [0.1, 0.15) is 38.3 Å². The first kappa shape index (κ1) is 12.9. The molecule has 0 saturated heterocycles. The van der Waals surface area contributed by atoms with Gasteiger partial charge in [-0.15, -0.1) is 22.7 Å². The Labute approximate surface area is 121 Å². The molecule has 2 aromatic rings. The second-order valence-corrected chi connectivity index (χ2v) is 7.34. The van der Waals surface area contributed by atoms with Gasteiger partial charge in [-0.3, -0.25) is 4.79 Å². The number of hydrogen-bond acceptors (Lipinski definition) is 3. The SMILES string of the molecule is CC1CCc2sc(C(=O)NCc3cccs3)cc2C1. The molecule has 1 unspecified atom stereocenters. The smallest absolute Gasteiger partial charge is 0.261 e. The second kappa shape index (κ2) is 5.47. The molecule has 100 valence electrons. The van der Waals surface area contributed by atoms with Gasteiger partial charge in [0.05, 0.1) is 11.4 Å². The topological polar surface area (TPSA) is 29.1 Å². The lowest BCUT2D eigenvalue weighted by Gasteiger charge is -2.16. The Hall–Kier alpha value is -1.13. The number of rotatable bonds is 3. The summed E-state index contributed by atoms with van der Waals surface area (Å²) in [7, 11) is 0. The van der Waals surface area contributed by atoms with Crippen LogP contribution in [-0.4, -0.2) is 5.91 Å². The summed E-state index contributed by atoms with van der Waals surface area (Å²) in [4.78, 5) is 15.6. The van der Waals surface area contributed by atoms with Gasteiger partial charge in [0.25, 0.3) is 5.91 Å². The minimum Gasteiger partial charge on any atom is -0.346 e. The van der Waals surface area contributed by atoms with Crippen molar-refractivity contribution >= 4 is 28.6 Å². The van der Waals surface area contributed by atoms with Crippen molar-refractivity contribution < 1.29 is 4.79 Å². The van der Waals surface area contributed by atoms with E-state index in [9.17, 15) is 4.79 Å². The zero-order chi connectivity index (χ0) is 13.2. The molecule has 0 radical (unpaired) electrons. The molecule has 1 atom stereocenters.